The number of aryl methyl sites for hydroxylation is 1. The Morgan fingerprint density at radius 2 is 1.86 bits per heavy atom. The van der Waals surface area contributed by atoms with Gasteiger partial charge < -0.3 is 14.4 Å². The second kappa shape index (κ2) is 8.92. The smallest absolute Gasteiger partial charge is 0.274 e. The number of hydrogen-bond donors (Lipinski definition) is 0. The van der Waals surface area contributed by atoms with Crippen LogP contribution in [0, 0.1) is 0 Å². The zero-order chi connectivity index (χ0) is 20.1. The summed E-state index contributed by atoms with van der Waals surface area (Å²) < 4.78 is 15.1. The minimum Gasteiger partial charge on any atom is -0.497 e. The normalized spacial score (nSPS) is 10.7. The number of nitrogens with zero attached hydrogens (tertiary/aromatic N) is 5. The van der Waals surface area contributed by atoms with Gasteiger partial charge in [-0.25, -0.2) is 4.68 Å². The van der Waals surface area contributed by atoms with E-state index in [1.807, 2.05) is 42.1 Å². The van der Waals surface area contributed by atoms with Crippen LogP contribution in [0.25, 0.3) is 0 Å². The molecule has 2 heterocycles. The van der Waals surface area contributed by atoms with Crippen molar-refractivity contribution in [2.75, 3.05) is 14.2 Å². The Bertz CT molecular complexity index is 935. The highest BCUT2D eigenvalue weighted by molar-refractivity contribution is 9.10. The van der Waals surface area contributed by atoms with Crippen molar-refractivity contribution in [2.45, 2.75) is 26.7 Å². The first-order chi connectivity index (χ1) is 13.5. The fraction of sp³-hybridized carbons (Fsp3) is 0.316. The molecular weight excluding hydrogens is 426 g/mol. The number of hydrogen-bond acceptors (Lipinski definition) is 5. The summed E-state index contributed by atoms with van der Waals surface area (Å²) >= 11 is 3.48. The van der Waals surface area contributed by atoms with Crippen LogP contribution in [0.2, 0.25) is 0 Å². The molecule has 0 unspecified atom stereocenters. The third kappa shape index (κ3) is 4.72. The van der Waals surface area contributed by atoms with Crippen LogP contribution in [0.1, 0.15) is 23.1 Å². The van der Waals surface area contributed by atoms with E-state index in [4.69, 9.17) is 9.47 Å². The molecular formula is C19H22BrN5O3. The van der Waals surface area contributed by atoms with E-state index in [2.05, 4.69) is 26.1 Å². The maximum absolute atomic E-state index is 12.6. The van der Waals surface area contributed by atoms with Gasteiger partial charge in [-0.15, -0.1) is 0 Å². The number of benzene rings is 1. The lowest BCUT2D eigenvalue weighted by Crippen LogP contribution is -2.27. The molecule has 9 heteroatoms. The zero-order valence-electron chi connectivity index (χ0n) is 16.0. The standard InChI is InChI=1S/C19H22BrN5O3/c1-4-24-11-16(20)18(22-24)12-23(2)19(26)17-9-10-25(21-17)13-28-15-7-5-14(27-3)6-8-15/h5-11H,4,12-13H2,1-3H3. The second-order valence-electron chi connectivity index (χ2n) is 6.13. The lowest BCUT2D eigenvalue weighted by atomic mass is 10.3. The maximum atomic E-state index is 12.6. The summed E-state index contributed by atoms with van der Waals surface area (Å²) in [7, 11) is 3.34. The van der Waals surface area contributed by atoms with Gasteiger partial charge in [0.05, 0.1) is 23.8 Å². The Morgan fingerprint density at radius 1 is 1.14 bits per heavy atom. The van der Waals surface area contributed by atoms with Crippen molar-refractivity contribution >= 4 is 21.8 Å². The van der Waals surface area contributed by atoms with Crippen LogP contribution in [0.5, 0.6) is 11.5 Å². The summed E-state index contributed by atoms with van der Waals surface area (Å²) in [4.78, 5) is 14.2. The largest absolute Gasteiger partial charge is 0.497 e. The summed E-state index contributed by atoms with van der Waals surface area (Å²) in [6.45, 7) is 3.38. The number of ether oxygens (including phenoxy) is 2. The van der Waals surface area contributed by atoms with Gasteiger partial charge in [0.25, 0.3) is 5.91 Å². The first kappa shape index (κ1) is 19.9. The van der Waals surface area contributed by atoms with Crippen molar-refractivity contribution in [3.63, 3.8) is 0 Å². The lowest BCUT2D eigenvalue weighted by Gasteiger charge is -2.14. The first-order valence-corrected chi connectivity index (χ1v) is 9.57. The van der Waals surface area contributed by atoms with Gasteiger partial charge in [0, 0.05) is 26.0 Å². The van der Waals surface area contributed by atoms with Crippen molar-refractivity contribution in [3.8, 4) is 11.5 Å². The molecule has 2 aromatic heterocycles. The number of carbonyl (C=O) groups is 1. The molecule has 3 rings (SSSR count). The predicted octanol–water partition coefficient (Wildman–Crippen LogP) is 3.18. The third-order valence-electron chi connectivity index (χ3n) is 4.13. The topological polar surface area (TPSA) is 74.4 Å². The highest BCUT2D eigenvalue weighted by Crippen LogP contribution is 2.18. The van der Waals surface area contributed by atoms with Crippen LogP contribution < -0.4 is 9.47 Å². The molecule has 0 spiro atoms. The Morgan fingerprint density at radius 3 is 2.50 bits per heavy atom. The zero-order valence-corrected chi connectivity index (χ0v) is 17.6. The fourth-order valence-corrected chi connectivity index (χ4v) is 3.00. The fourth-order valence-electron chi connectivity index (χ4n) is 2.56. The molecule has 1 aromatic carbocycles. The molecule has 1 amide bonds. The van der Waals surface area contributed by atoms with E-state index < -0.39 is 0 Å². The summed E-state index contributed by atoms with van der Waals surface area (Å²) in [6, 6.07) is 8.95. The number of methoxy groups -OCH3 is 1. The summed E-state index contributed by atoms with van der Waals surface area (Å²) in [5, 5.41) is 8.75. The monoisotopic (exact) mass is 447 g/mol. The Kier molecular flexibility index (Phi) is 6.35. The Labute approximate surface area is 171 Å². The lowest BCUT2D eigenvalue weighted by molar-refractivity contribution is 0.0775. The van der Waals surface area contributed by atoms with Gasteiger partial charge in [0.15, 0.2) is 12.4 Å². The van der Waals surface area contributed by atoms with E-state index in [0.717, 1.165) is 22.5 Å². The number of carbonyl (C=O) groups excluding carboxylic acids is 1. The van der Waals surface area contributed by atoms with Crippen LogP contribution in [-0.2, 0) is 19.8 Å². The number of amides is 1. The molecule has 0 aliphatic carbocycles. The molecule has 3 aromatic rings. The summed E-state index contributed by atoms with van der Waals surface area (Å²) in [5.41, 5.74) is 1.16. The molecule has 0 radical (unpaired) electrons. The minimum atomic E-state index is -0.179. The molecule has 0 aliphatic rings. The number of halogens is 1. The van der Waals surface area contributed by atoms with Crippen molar-refractivity contribution in [1.29, 1.82) is 0 Å². The highest BCUT2D eigenvalue weighted by Gasteiger charge is 2.18. The SMILES string of the molecule is CCn1cc(Br)c(CN(C)C(=O)c2ccn(COc3ccc(OC)cc3)n2)n1. The van der Waals surface area contributed by atoms with Gasteiger partial charge in [-0.05, 0) is 53.2 Å². The minimum absolute atomic E-state index is 0.179. The molecule has 0 saturated carbocycles. The van der Waals surface area contributed by atoms with E-state index >= 15 is 0 Å². The van der Waals surface area contributed by atoms with Gasteiger partial charge in [-0.2, -0.15) is 10.2 Å². The first-order valence-electron chi connectivity index (χ1n) is 8.77. The average molecular weight is 448 g/mol. The predicted molar refractivity (Wildman–Crippen MR) is 107 cm³/mol. The van der Waals surface area contributed by atoms with E-state index in [-0.39, 0.29) is 12.6 Å². The Hall–Kier alpha value is -2.81. The van der Waals surface area contributed by atoms with E-state index in [0.29, 0.717) is 18.0 Å². The van der Waals surface area contributed by atoms with Crippen molar-refractivity contribution < 1.29 is 14.3 Å². The molecule has 0 saturated heterocycles. The van der Waals surface area contributed by atoms with Crippen LogP contribution in [0.4, 0.5) is 0 Å². The average Bonchev–Trinajstić information content (AvgIpc) is 3.33. The van der Waals surface area contributed by atoms with E-state index in [9.17, 15) is 4.79 Å². The van der Waals surface area contributed by atoms with Gasteiger partial charge in [-0.3, -0.25) is 9.48 Å². The van der Waals surface area contributed by atoms with E-state index in [1.165, 1.54) is 0 Å². The van der Waals surface area contributed by atoms with Crippen LogP contribution in [0.15, 0.2) is 47.2 Å². The van der Waals surface area contributed by atoms with E-state index in [1.54, 1.807) is 36.0 Å². The molecule has 8 nitrogen and oxygen atoms in total. The quantitative estimate of drug-likeness (QED) is 0.529. The third-order valence-corrected chi connectivity index (χ3v) is 4.79. The number of rotatable bonds is 8. The molecule has 28 heavy (non-hydrogen) atoms. The van der Waals surface area contributed by atoms with Crippen LogP contribution in [-0.4, -0.2) is 44.5 Å². The van der Waals surface area contributed by atoms with Gasteiger partial charge in [0.2, 0.25) is 0 Å². The molecule has 148 valence electrons. The molecule has 0 bridgehead atoms. The molecule has 0 aliphatic heterocycles. The number of aromatic nitrogens is 4. The van der Waals surface area contributed by atoms with Crippen LogP contribution in [0.3, 0.4) is 0 Å². The van der Waals surface area contributed by atoms with Crippen molar-refractivity contribution in [3.05, 3.63) is 58.6 Å². The van der Waals surface area contributed by atoms with Gasteiger partial charge in [-0.1, -0.05) is 0 Å². The summed E-state index contributed by atoms with van der Waals surface area (Å²) in [5.74, 6) is 1.27. The highest BCUT2D eigenvalue weighted by atomic mass is 79.9. The maximum Gasteiger partial charge on any atom is 0.274 e. The van der Waals surface area contributed by atoms with Gasteiger partial charge in [0.1, 0.15) is 11.5 Å². The summed E-state index contributed by atoms with van der Waals surface area (Å²) in [6.07, 6.45) is 3.62. The molecule has 0 fully saturated rings. The molecule has 0 atom stereocenters. The van der Waals surface area contributed by atoms with Crippen molar-refractivity contribution in [2.24, 2.45) is 0 Å². The second-order valence-corrected chi connectivity index (χ2v) is 6.98. The van der Waals surface area contributed by atoms with Crippen molar-refractivity contribution in [1.82, 2.24) is 24.5 Å². The Balaban J connectivity index is 1.58. The van der Waals surface area contributed by atoms with Crippen LogP contribution >= 0.6 is 15.9 Å². The molecule has 0 N–H and O–H groups in total. The van der Waals surface area contributed by atoms with Gasteiger partial charge >= 0.3 is 0 Å².